The molecule has 0 spiro atoms. The first-order valence-electron chi connectivity index (χ1n) is 9.41. The zero-order valence-corrected chi connectivity index (χ0v) is 16.4. The molecule has 0 aliphatic carbocycles. The molecule has 30 heavy (non-hydrogen) atoms. The van der Waals surface area contributed by atoms with E-state index in [0.717, 1.165) is 17.7 Å². The van der Waals surface area contributed by atoms with Gasteiger partial charge in [0, 0.05) is 25.7 Å². The van der Waals surface area contributed by atoms with E-state index in [9.17, 15) is 18.0 Å². The van der Waals surface area contributed by atoms with Gasteiger partial charge in [-0.2, -0.15) is 13.2 Å². The number of rotatable bonds is 4. The number of alkyl halides is 3. The largest absolute Gasteiger partial charge is 0.416 e. The minimum atomic E-state index is -4.40. The number of amides is 1. The molecule has 1 aliphatic heterocycles. The molecular weight excluding hydrogens is 397 g/mol. The predicted molar refractivity (Wildman–Crippen MR) is 107 cm³/mol. The number of hydrogen-bond donors (Lipinski definition) is 2. The van der Waals surface area contributed by atoms with Gasteiger partial charge >= 0.3 is 6.18 Å². The number of halogens is 3. The molecule has 3 N–H and O–H groups in total. The SMILES string of the molecule is CN=C(NCc1ccc(C(N)=O)cc1)N1CCOC(c2cccc(C(F)(F)F)c2)C1. The standard InChI is InChI=1S/C21H23F3N4O2/c1-26-20(27-12-14-5-7-15(8-6-14)19(25)29)28-9-10-30-18(13-28)16-3-2-4-17(11-16)21(22,23)24/h2-8,11,18H,9-10,12-13H2,1H3,(H2,25,29)(H,26,27). The Kier molecular flexibility index (Phi) is 6.61. The van der Waals surface area contributed by atoms with Crippen LogP contribution in [-0.4, -0.2) is 43.5 Å². The van der Waals surface area contributed by atoms with Crippen LogP contribution in [0.5, 0.6) is 0 Å². The van der Waals surface area contributed by atoms with Crippen LogP contribution in [0.3, 0.4) is 0 Å². The molecule has 1 heterocycles. The zero-order valence-electron chi connectivity index (χ0n) is 16.4. The maximum atomic E-state index is 13.0. The first-order chi connectivity index (χ1) is 14.3. The van der Waals surface area contributed by atoms with Crippen molar-refractivity contribution in [1.82, 2.24) is 10.2 Å². The topological polar surface area (TPSA) is 79.9 Å². The fourth-order valence-electron chi connectivity index (χ4n) is 3.26. The summed E-state index contributed by atoms with van der Waals surface area (Å²) in [6, 6.07) is 12.1. The van der Waals surface area contributed by atoms with Gasteiger partial charge in [-0.1, -0.05) is 24.3 Å². The highest BCUT2D eigenvalue weighted by atomic mass is 19.4. The molecule has 160 valence electrons. The maximum absolute atomic E-state index is 13.0. The molecule has 0 saturated carbocycles. The van der Waals surface area contributed by atoms with Gasteiger partial charge in [0.15, 0.2) is 5.96 Å². The van der Waals surface area contributed by atoms with Crippen LogP contribution in [0.1, 0.15) is 33.2 Å². The number of ether oxygens (including phenoxy) is 1. The van der Waals surface area contributed by atoms with Gasteiger partial charge in [-0.3, -0.25) is 9.79 Å². The molecule has 0 aromatic heterocycles. The van der Waals surface area contributed by atoms with E-state index < -0.39 is 23.8 Å². The molecule has 0 radical (unpaired) electrons. The highest BCUT2D eigenvalue weighted by Crippen LogP contribution is 2.32. The van der Waals surface area contributed by atoms with Crippen molar-refractivity contribution in [2.75, 3.05) is 26.7 Å². The molecular formula is C21H23F3N4O2. The Morgan fingerprint density at radius 3 is 2.63 bits per heavy atom. The van der Waals surface area contributed by atoms with Crippen molar-refractivity contribution in [2.24, 2.45) is 10.7 Å². The van der Waals surface area contributed by atoms with E-state index >= 15 is 0 Å². The van der Waals surface area contributed by atoms with Gasteiger partial charge in [0.25, 0.3) is 0 Å². The molecule has 6 nitrogen and oxygen atoms in total. The molecule has 9 heteroatoms. The summed E-state index contributed by atoms with van der Waals surface area (Å²) in [4.78, 5) is 17.4. The van der Waals surface area contributed by atoms with Crippen molar-refractivity contribution in [2.45, 2.75) is 18.8 Å². The fourth-order valence-corrected chi connectivity index (χ4v) is 3.26. The predicted octanol–water partition coefficient (Wildman–Crippen LogP) is 2.95. The van der Waals surface area contributed by atoms with Crippen LogP contribution in [0.4, 0.5) is 13.2 Å². The third-order valence-electron chi connectivity index (χ3n) is 4.85. The van der Waals surface area contributed by atoms with Crippen LogP contribution < -0.4 is 11.1 Å². The van der Waals surface area contributed by atoms with Gasteiger partial charge in [0.2, 0.25) is 5.91 Å². The van der Waals surface area contributed by atoms with Gasteiger partial charge in [0.1, 0.15) is 6.10 Å². The molecule has 1 amide bonds. The lowest BCUT2D eigenvalue weighted by Crippen LogP contribution is -2.48. The Morgan fingerprint density at radius 1 is 1.27 bits per heavy atom. The number of carbonyl (C=O) groups excluding carboxylic acids is 1. The Balaban J connectivity index is 1.65. The second kappa shape index (κ2) is 9.17. The lowest BCUT2D eigenvalue weighted by Gasteiger charge is -2.35. The molecule has 1 fully saturated rings. The van der Waals surface area contributed by atoms with Gasteiger partial charge in [0.05, 0.1) is 18.7 Å². The molecule has 0 bridgehead atoms. The molecule has 2 aromatic carbocycles. The first-order valence-corrected chi connectivity index (χ1v) is 9.41. The van der Waals surface area contributed by atoms with Crippen molar-refractivity contribution in [3.8, 4) is 0 Å². The minimum Gasteiger partial charge on any atom is -0.370 e. The summed E-state index contributed by atoms with van der Waals surface area (Å²) in [7, 11) is 1.65. The van der Waals surface area contributed by atoms with E-state index in [-0.39, 0.29) is 0 Å². The number of benzene rings is 2. The third-order valence-corrected chi connectivity index (χ3v) is 4.85. The summed E-state index contributed by atoms with van der Waals surface area (Å²) in [5.41, 5.74) is 6.40. The minimum absolute atomic E-state index is 0.370. The smallest absolute Gasteiger partial charge is 0.370 e. The normalized spacial score (nSPS) is 17.7. The summed E-state index contributed by atoms with van der Waals surface area (Å²) < 4.78 is 44.8. The fraction of sp³-hybridized carbons (Fsp3) is 0.333. The van der Waals surface area contributed by atoms with E-state index in [4.69, 9.17) is 10.5 Å². The Labute approximate surface area is 172 Å². The molecule has 1 unspecified atom stereocenters. The van der Waals surface area contributed by atoms with Crippen LogP contribution >= 0.6 is 0 Å². The average molecular weight is 420 g/mol. The summed E-state index contributed by atoms with van der Waals surface area (Å²) in [6.07, 6.45) is -4.89. The van der Waals surface area contributed by atoms with Crippen molar-refractivity contribution in [3.63, 3.8) is 0 Å². The summed E-state index contributed by atoms with van der Waals surface area (Å²) in [5, 5.41) is 3.24. The number of nitrogens with two attached hydrogens (primary N) is 1. The lowest BCUT2D eigenvalue weighted by molar-refractivity contribution is -0.137. The van der Waals surface area contributed by atoms with E-state index in [2.05, 4.69) is 10.3 Å². The number of hydrogen-bond acceptors (Lipinski definition) is 3. The number of carbonyl (C=O) groups is 1. The monoisotopic (exact) mass is 420 g/mol. The number of nitrogens with zero attached hydrogens (tertiary/aromatic N) is 2. The second-order valence-electron chi connectivity index (χ2n) is 6.89. The van der Waals surface area contributed by atoms with Crippen LogP contribution in [-0.2, 0) is 17.5 Å². The molecule has 2 aromatic rings. The average Bonchev–Trinajstić information content (AvgIpc) is 2.74. The molecule has 1 saturated heterocycles. The maximum Gasteiger partial charge on any atom is 0.416 e. The zero-order chi connectivity index (χ0) is 21.7. The summed E-state index contributed by atoms with van der Waals surface area (Å²) in [6.45, 7) is 1.78. The van der Waals surface area contributed by atoms with Crippen molar-refractivity contribution in [3.05, 3.63) is 70.8 Å². The molecule has 1 atom stereocenters. The Bertz CT molecular complexity index is 913. The summed E-state index contributed by atoms with van der Waals surface area (Å²) >= 11 is 0. The van der Waals surface area contributed by atoms with E-state index in [1.807, 2.05) is 4.90 Å². The summed E-state index contributed by atoms with van der Waals surface area (Å²) in [5.74, 6) is 0.133. The van der Waals surface area contributed by atoms with Crippen LogP contribution in [0.2, 0.25) is 0 Å². The van der Waals surface area contributed by atoms with E-state index in [1.165, 1.54) is 6.07 Å². The second-order valence-corrected chi connectivity index (χ2v) is 6.89. The number of guanidine groups is 1. The van der Waals surface area contributed by atoms with Gasteiger partial charge < -0.3 is 20.7 Å². The van der Waals surface area contributed by atoms with Gasteiger partial charge in [-0.05, 0) is 35.4 Å². The molecule has 3 rings (SSSR count). The lowest BCUT2D eigenvalue weighted by atomic mass is 10.0. The quantitative estimate of drug-likeness (QED) is 0.589. The Hall–Kier alpha value is -3.07. The van der Waals surface area contributed by atoms with Gasteiger partial charge in [-0.15, -0.1) is 0 Å². The van der Waals surface area contributed by atoms with Crippen molar-refractivity contribution < 1.29 is 22.7 Å². The first kappa shape index (κ1) is 21.6. The van der Waals surface area contributed by atoms with E-state index in [1.54, 1.807) is 37.4 Å². The van der Waals surface area contributed by atoms with Crippen LogP contribution in [0, 0.1) is 0 Å². The van der Waals surface area contributed by atoms with Crippen molar-refractivity contribution >= 4 is 11.9 Å². The number of morpholine rings is 1. The third kappa shape index (κ3) is 5.29. The highest BCUT2D eigenvalue weighted by Gasteiger charge is 2.32. The number of primary amides is 1. The van der Waals surface area contributed by atoms with Crippen LogP contribution in [0.15, 0.2) is 53.5 Å². The van der Waals surface area contributed by atoms with Gasteiger partial charge in [-0.25, -0.2) is 0 Å². The van der Waals surface area contributed by atoms with Crippen molar-refractivity contribution in [1.29, 1.82) is 0 Å². The molecule has 1 aliphatic rings. The number of nitrogens with one attached hydrogen (secondary N) is 1. The highest BCUT2D eigenvalue weighted by molar-refractivity contribution is 5.92. The Morgan fingerprint density at radius 2 is 2.00 bits per heavy atom. The van der Waals surface area contributed by atoms with E-state index in [0.29, 0.717) is 43.3 Å². The number of aliphatic imine (C=N–C) groups is 1. The van der Waals surface area contributed by atoms with Crippen LogP contribution in [0.25, 0.3) is 0 Å².